The Morgan fingerprint density at radius 2 is 2.17 bits per heavy atom. The van der Waals surface area contributed by atoms with E-state index >= 15 is 0 Å². The molecule has 0 aliphatic carbocycles. The van der Waals surface area contributed by atoms with Crippen LogP contribution in [0.5, 0.6) is 0 Å². The van der Waals surface area contributed by atoms with E-state index in [0.717, 1.165) is 23.1 Å². The SMILES string of the molecule is O=C(Cn1ncccc1=O)NCCCc1cnc2ncnn2c1. The fourth-order valence-corrected chi connectivity index (χ4v) is 2.11. The van der Waals surface area contributed by atoms with E-state index in [-0.39, 0.29) is 18.0 Å². The smallest absolute Gasteiger partial charge is 0.267 e. The van der Waals surface area contributed by atoms with Crippen molar-refractivity contribution >= 4 is 11.7 Å². The van der Waals surface area contributed by atoms with Crippen molar-refractivity contribution in [1.29, 1.82) is 0 Å². The minimum Gasteiger partial charge on any atom is -0.354 e. The van der Waals surface area contributed by atoms with E-state index in [1.807, 2.05) is 6.20 Å². The first-order valence-corrected chi connectivity index (χ1v) is 7.15. The molecule has 3 heterocycles. The number of rotatable bonds is 6. The zero-order chi connectivity index (χ0) is 16.1. The standard InChI is InChI=1S/C14H15N7O2/c22-12(9-20-13(23)4-2-6-18-20)15-5-1-3-11-7-16-14-17-10-19-21(14)8-11/h2,4,6-8,10H,1,3,5,9H2,(H,15,22). The van der Waals surface area contributed by atoms with Crippen LogP contribution in [0.1, 0.15) is 12.0 Å². The van der Waals surface area contributed by atoms with E-state index in [4.69, 9.17) is 0 Å². The predicted octanol–water partition coefficient (Wildman–Crippen LogP) is -0.570. The molecule has 118 valence electrons. The molecule has 0 unspecified atom stereocenters. The van der Waals surface area contributed by atoms with Crippen molar-refractivity contribution in [1.82, 2.24) is 34.7 Å². The summed E-state index contributed by atoms with van der Waals surface area (Å²) in [6, 6.07) is 2.91. The Bertz CT molecular complexity index is 870. The molecule has 3 rings (SSSR count). The molecule has 1 N–H and O–H groups in total. The molecule has 0 fully saturated rings. The van der Waals surface area contributed by atoms with Gasteiger partial charge in [-0.05, 0) is 24.5 Å². The molecule has 1 amide bonds. The van der Waals surface area contributed by atoms with Gasteiger partial charge in [0.25, 0.3) is 11.3 Å². The van der Waals surface area contributed by atoms with Crippen LogP contribution in [-0.4, -0.2) is 41.8 Å². The summed E-state index contributed by atoms with van der Waals surface area (Å²) in [7, 11) is 0. The number of carbonyl (C=O) groups excluding carboxylic acids is 1. The Hall–Kier alpha value is -3.10. The molecule has 9 nitrogen and oxygen atoms in total. The molecule has 0 atom stereocenters. The van der Waals surface area contributed by atoms with Crippen LogP contribution in [0.25, 0.3) is 5.78 Å². The number of hydrogen-bond acceptors (Lipinski definition) is 6. The third kappa shape index (κ3) is 3.76. The highest BCUT2D eigenvalue weighted by molar-refractivity contribution is 5.75. The molecule has 0 aliphatic heterocycles. The van der Waals surface area contributed by atoms with Gasteiger partial charge in [0.2, 0.25) is 5.91 Å². The minimum absolute atomic E-state index is 0.0772. The van der Waals surface area contributed by atoms with E-state index in [2.05, 4.69) is 25.5 Å². The predicted molar refractivity (Wildman–Crippen MR) is 80.6 cm³/mol. The van der Waals surface area contributed by atoms with E-state index < -0.39 is 0 Å². The van der Waals surface area contributed by atoms with Crippen LogP contribution in [0.3, 0.4) is 0 Å². The molecular weight excluding hydrogens is 298 g/mol. The van der Waals surface area contributed by atoms with Crippen molar-refractivity contribution < 1.29 is 4.79 Å². The van der Waals surface area contributed by atoms with Crippen LogP contribution in [0.4, 0.5) is 0 Å². The molecule has 9 heteroatoms. The van der Waals surface area contributed by atoms with Gasteiger partial charge in [0.1, 0.15) is 12.9 Å². The highest BCUT2D eigenvalue weighted by Gasteiger charge is 2.05. The van der Waals surface area contributed by atoms with E-state index in [0.29, 0.717) is 12.3 Å². The molecule has 3 aromatic rings. The average Bonchev–Trinajstić information content (AvgIpc) is 3.01. The molecule has 0 saturated heterocycles. The van der Waals surface area contributed by atoms with Crippen LogP contribution >= 0.6 is 0 Å². The summed E-state index contributed by atoms with van der Waals surface area (Å²) in [6.07, 6.45) is 8.05. The van der Waals surface area contributed by atoms with Crippen molar-refractivity contribution in [3.05, 3.63) is 53.0 Å². The van der Waals surface area contributed by atoms with Gasteiger partial charge in [-0.2, -0.15) is 15.2 Å². The fourth-order valence-electron chi connectivity index (χ4n) is 2.11. The number of nitrogens with zero attached hydrogens (tertiary/aromatic N) is 6. The number of aromatic nitrogens is 6. The number of carbonyl (C=O) groups is 1. The van der Waals surface area contributed by atoms with Crippen LogP contribution in [-0.2, 0) is 17.8 Å². The molecule has 0 spiro atoms. The summed E-state index contributed by atoms with van der Waals surface area (Å²) >= 11 is 0. The van der Waals surface area contributed by atoms with Crippen LogP contribution in [0, 0.1) is 0 Å². The highest BCUT2D eigenvalue weighted by atomic mass is 16.2. The second kappa shape index (κ2) is 6.77. The quantitative estimate of drug-likeness (QED) is 0.611. The highest BCUT2D eigenvalue weighted by Crippen LogP contribution is 2.02. The molecule has 23 heavy (non-hydrogen) atoms. The van der Waals surface area contributed by atoms with Crippen molar-refractivity contribution in [2.75, 3.05) is 6.54 Å². The minimum atomic E-state index is -0.296. The summed E-state index contributed by atoms with van der Waals surface area (Å²) in [4.78, 5) is 31.4. The summed E-state index contributed by atoms with van der Waals surface area (Å²) in [5, 5.41) is 10.6. The Kier molecular flexibility index (Phi) is 4.37. The molecule has 0 radical (unpaired) electrons. The lowest BCUT2D eigenvalue weighted by atomic mass is 10.2. The zero-order valence-electron chi connectivity index (χ0n) is 12.3. The maximum Gasteiger partial charge on any atom is 0.267 e. The number of nitrogens with one attached hydrogen (secondary N) is 1. The number of amides is 1. The molecular formula is C14H15N7O2. The first kappa shape index (κ1) is 14.8. The van der Waals surface area contributed by atoms with Gasteiger partial charge in [0.05, 0.1) is 0 Å². The Balaban J connectivity index is 1.45. The fraction of sp³-hybridized carbons (Fsp3) is 0.286. The molecule has 0 bridgehead atoms. The first-order valence-electron chi connectivity index (χ1n) is 7.15. The van der Waals surface area contributed by atoms with E-state index in [9.17, 15) is 9.59 Å². The molecule has 0 aromatic carbocycles. The van der Waals surface area contributed by atoms with E-state index in [1.165, 1.54) is 24.7 Å². The van der Waals surface area contributed by atoms with Gasteiger partial charge in [-0.1, -0.05) is 0 Å². The summed E-state index contributed by atoms with van der Waals surface area (Å²) < 4.78 is 2.74. The maximum absolute atomic E-state index is 11.8. The van der Waals surface area contributed by atoms with Gasteiger partial charge in [0, 0.05) is 31.2 Å². The zero-order valence-corrected chi connectivity index (χ0v) is 12.3. The van der Waals surface area contributed by atoms with Crippen LogP contribution < -0.4 is 10.9 Å². The van der Waals surface area contributed by atoms with E-state index in [1.54, 1.807) is 10.7 Å². The number of aryl methyl sites for hydroxylation is 1. The molecule has 3 aromatic heterocycles. The average molecular weight is 313 g/mol. The van der Waals surface area contributed by atoms with Gasteiger partial charge in [-0.3, -0.25) is 9.59 Å². The first-order chi connectivity index (χ1) is 11.2. The number of fused-ring (bicyclic) bond motifs is 1. The van der Waals surface area contributed by atoms with Crippen LogP contribution in [0.2, 0.25) is 0 Å². The Morgan fingerprint density at radius 1 is 1.26 bits per heavy atom. The van der Waals surface area contributed by atoms with Gasteiger partial charge in [-0.25, -0.2) is 14.2 Å². The Labute approximate surface area is 131 Å². The van der Waals surface area contributed by atoms with Crippen molar-refractivity contribution in [2.24, 2.45) is 0 Å². The largest absolute Gasteiger partial charge is 0.354 e. The molecule has 0 aliphatic rings. The molecule has 0 saturated carbocycles. The van der Waals surface area contributed by atoms with Gasteiger partial charge in [0.15, 0.2) is 0 Å². The Morgan fingerprint density at radius 3 is 3.04 bits per heavy atom. The lowest BCUT2D eigenvalue weighted by Crippen LogP contribution is -2.33. The summed E-state index contributed by atoms with van der Waals surface area (Å²) in [6.45, 7) is 0.432. The second-order valence-electron chi connectivity index (χ2n) is 4.94. The maximum atomic E-state index is 11.8. The van der Waals surface area contributed by atoms with Crippen molar-refractivity contribution in [3.63, 3.8) is 0 Å². The van der Waals surface area contributed by atoms with Crippen LogP contribution in [0.15, 0.2) is 41.8 Å². The normalized spacial score (nSPS) is 10.8. The second-order valence-corrected chi connectivity index (χ2v) is 4.94. The van der Waals surface area contributed by atoms with Gasteiger partial charge < -0.3 is 5.32 Å². The van der Waals surface area contributed by atoms with Crippen molar-refractivity contribution in [3.8, 4) is 0 Å². The lowest BCUT2D eigenvalue weighted by molar-refractivity contribution is -0.121. The van der Waals surface area contributed by atoms with Crippen molar-refractivity contribution in [2.45, 2.75) is 19.4 Å². The summed E-state index contributed by atoms with van der Waals surface area (Å²) in [5.41, 5.74) is 0.716. The van der Waals surface area contributed by atoms with Gasteiger partial charge >= 0.3 is 0 Å². The monoisotopic (exact) mass is 313 g/mol. The lowest BCUT2D eigenvalue weighted by Gasteiger charge is -2.06. The number of hydrogen-bond donors (Lipinski definition) is 1. The van der Waals surface area contributed by atoms with Gasteiger partial charge in [-0.15, -0.1) is 0 Å². The third-order valence-electron chi connectivity index (χ3n) is 3.23. The summed E-state index contributed by atoms with van der Waals surface area (Å²) in [5.74, 6) is 0.318. The topological polar surface area (TPSA) is 107 Å². The third-order valence-corrected chi connectivity index (χ3v) is 3.23.